The molecule has 1 saturated heterocycles. The van der Waals surface area contributed by atoms with E-state index in [0.29, 0.717) is 11.7 Å². The van der Waals surface area contributed by atoms with E-state index in [-0.39, 0.29) is 17.7 Å². The van der Waals surface area contributed by atoms with Gasteiger partial charge in [-0.05, 0) is 43.9 Å². The van der Waals surface area contributed by atoms with Gasteiger partial charge in [-0.2, -0.15) is 4.98 Å². The molecule has 1 aliphatic heterocycles. The number of aromatic carboxylic acids is 1. The third kappa shape index (κ3) is 5.35. The number of amides is 2. The summed E-state index contributed by atoms with van der Waals surface area (Å²) < 4.78 is 5.05. The molecule has 0 radical (unpaired) electrons. The zero-order valence-electron chi connectivity index (χ0n) is 17.6. The van der Waals surface area contributed by atoms with Crippen molar-refractivity contribution < 1.29 is 19.1 Å². The van der Waals surface area contributed by atoms with Crippen LogP contribution in [0.3, 0.4) is 0 Å². The van der Waals surface area contributed by atoms with Crippen LogP contribution in [0.1, 0.15) is 40.2 Å². The predicted octanol–water partition coefficient (Wildman–Crippen LogP) is 4.38. The first-order valence-electron chi connectivity index (χ1n) is 10.3. The first-order valence-corrected chi connectivity index (χ1v) is 11.1. The van der Waals surface area contributed by atoms with Crippen LogP contribution in [0.2, 0.25) is 0 Å². The van der Waals surface area contributed by atoms with Gasteiger partial charge in [0.05, 0.1) is 17.9 Å². The lowest BCUT2D eigenvalue weighted by molar-refractivity contribution is 0.0690. The van der Waals surface area contributed by atoms with Gasteiger partial charge in [0, 0.05) is 24.2 Å². The van der Waals surface area contributed by atoms with Gasteiger partial charge in [0.1, 0.15) is 6.26 Å². The molecule has 0 unspecified atom stereocenters. The number of aromatic nitrogens is 2. The molecule has 168 valence electrons. The topological polar surface area (TPSA) is 133 Å². The summed E-state index contributed by atoms with van der Waals surface area (Å²) in [6.07, 6.45) is 6.24. The summed E-state index contributed by atoms with van der Waals surface area (Å²) in [7, 11) is 0. The molecule has 0 spiro atoms. The van der Waals surface area contributed by atoms with E-state index in [9.17, 15) is 9.59 Å². The summed E-state index contributed by atoms with van der Waals surface area (Å²) in [6, 6.07) is 5.76. The van der Waals surface area contributed by atoms with Gasteiger partial charge in [-0.15, -0.1) is 0 Å². The number of anilines is 4. The molecule has 32 heavy (non-hydrogen) atoms. The van der Waals surface area contributed by atoms with E-state index in [0.717, 1.165) is 54.0 Å². The van der Waals surface area contributed by atoms with Gasteiger partial charge in [0.15, 0.2) is 10.8 Å². The molecule has 3 aromatic rings. The minimum atomic E-state index is -1.16. The second kappa shape index (κ2) is 9.69. The van der Waals surface area contributed by atoms with Crippen LogP contribution in [-0.4, -0.2) is 40.2 Å². The van der Waals surface area contributed by atoms with Crippen molar-refractivity contribution in [3.63, 3.8) is 0 Å². The number of benzene rings is 1. The second-order valence-corrected chi connectivity index (χ2v) is 8.59. The highest BCUT2D eigenvalue weighted by atomic mass is 32.1. The highest BCUT2D eigenvalue weighted by Gasteiger charge is 2.17. The van der Waals surface area contributed by atoms with E-state index < -0.39 is 5.97 Å². The summed E-state index contributed by atoms with van der Waals surface area (Å²) in [5, 5.41) is 17.9. The van der Waals surface area contributed by atoms with E-state index in [1.807, 2.05) is 19.1 Å². The quantitative estimate of drug-likeness (QED) is 0.412. The average Bonchev–Trinajstić information content (AvgIpc) is 3.44. The number of carboxylic acid groups (broad SMARTS) is 1. The summed E-state index contributed by atoms with van der Waals surface area (Å²) in [4.78, 5) is 34.6. The molecule has 0 bridgehead atoms. The maximum atomic E-state index is 12.6. The molecule has 2 amide bonds. The minimum Gasteiger partial charge on any atom is -0.476 e. The van der Waals surface area contributed by atoms with Crippen LogP contribution in [0.4, 0.5) is 27.3 Å². The van der Waals surface area contributed by atoms with Gasteiger partial charge >= 0.3 is 12.0 Å². The Morgan fingerprint density at radius 1 is 1.22 bits per heavy atom. The van der Waals surface area contributed by atoms with E-state index >= 15 is 0 Å². The Balaban J connectivity index is 1.35. The Morgan fingerprint density at radius 2 is 2.03 bits per heavy atom. The summed E-state index contributed by atoms with van der Waals surface area (Å²) >= 11 is 1.30. The maximum Gasteiger partial charge on any atom is 0.357 e. The smallest absolute Gasteiger partial charge is 0.357 e. The highest BCUT2D eigenvalue weighted by Crippen LogP contribution is 2.30. The number of aryl methyl sites for hydroxylation is 1. The number of carboxylic acids is 1. The van der Waals surface area contributed by atoms with Crippen LogP contribution in [0.25, 0.3) is 0 Å². The van der Waals surface area contributed by atoms with Gasteiger partial charge in [0.25, 0.3) is 6.01 Å². The standard InChI is InChI=1S/C21H24N6O4S/c1-13-5-6-15(17(9-13)27-7-3-2-4-8-27)24-19(30)26-21-23-11-14(32-21)10-22-20-25-16(12-31-20)18(28)29/h5-6,9,11-12H,2-4,7-8,10H2,1H3,(H,22,25)(H,28,29)(H2,23,24,26,30). The third-order valence-electron chi connectivity index (χ3n) is 5.01. The van der Waals surface area contributed by atoms with Crippen LogP contribution in [0, 0.1) is 6.92 Å². The summed E-state index contributed by atoms with van der Waals surface area (Å²) in [5.41, 5.74) is 2.79. The van der Waals surface area contributed by atoms with Crippen molar-refractivity contribution >= 4 is 45.9 Å². The number of hydrogen-bond acceptors (Lipinski definition) is 8. The number of oxazole rings is 1. The normalized spacial score (nSPS) is 13.6. The van der Waals surface area contributed by atoms with Crippen molar-refractivity contribution in [1.29, 1.82) is 0 Å². The largest absolute Gasteiger partial charge is 0.476 e. The highest BCUT2D eigenvalue weighted by molar-refractivity contribution is 7.15. The lowest BCUT2D eigenvalue weighted by Gasteiger charge is -2.30. The number of carbonyl (C=O) groups is 2. The molecule has 1 aliphatic rings. The Kier molecular flexibility index (Phi) is 6.55. The third-order valence-corrected chi connectivity index (χ3v) is 5.92. The Bertz CT molecular complexity index is 1110. The number of urea groups is 1. The molecular formula is C21H24N6O4S. The van der Waals surface area contributed by atoms with Crippen molar-refractivity contribution in [3.8, 4) is 0 Å². The zero-order chi connectivity index (χ0) is 22.5. The van der Waals surface area contributed by atoms with Crippen molar-refractivity contribution in [3.05, 3.63) is 46.8 Å². The van der Waals surface area contributed by atoms with E-state index in [4.69, 9.17) is 9.52 Å². The number of piperidine rings is 1. The lowest BCUT2D eigenvalue weighted by atomic mass is 10.1. The molecule has 0 aliphatic carbocycles. The molecule has 3 heterocycles. The van der Waals surface area contributed by atoms with Crippen LogP contribution in [0.5, 0.6) is 0 Å². The van der Waals surface area contributed by atoms with Gasteiger partial charge < -0.3 is 25.1 Å². The molecule has 1 aromatic carbocycles. The maximum absolute atomic E-state index is 12.6. The summed E-state index contributed by atoms with van der Waals surface area (Å²) in [5.74, 6) is -1.16. The van der Waals surface area contributed by atoms with Crippen molar-refractivity contribution in [1.82, 2.24) is 9.97 Å². The number of carbonyl (C=O) groups excluding carboxylic acids is 1. The van der Waals surface area contributed by atoms with Crippen LogP contribution >= 0.6 is 11.3 Å². The van der Waals surface area contributed by atoms with Crippen LogP contribution < -0.4 is 20.9 Å². The number of rotatable bonds is 7. The number of thiazole rings is 1. The van der Waals surface area contributed by atoms with E-state index in [1.165, 1.54) is 17.8 Å². The van der Waals surface area contributed by atoms with Crippen molar-refractivity contribution in [2.45, 2.75) is 32.7 Å². The lowest BCUT2D eigenvalue weighted by Crippen LogP contribution is -2.31. The molecule has 2 aromatic heterocycles. The molecule has 0 saturated carbocycles. The fourth-order valence-electron chi connectivity index (χ4n) is 3.46. The molecule has 4 rings (SSSR count). The van der Waals surface area contributed by atoms with Crippen LogP contribution in [-0.2, 0) is 6.54 Å². The first kappa shape index (κ1) is 21.6. The van der Waals surface area contributed by atoms with Crippen molar-refractivity contribution in [2.24, 2.45) is 0 Å². The predicted molar refractivity (Wildman–Crippen MR) is 123 cm³/mol. The Labute approximate surface area is 188 Å². The second-order valence-electron chi connectivity index (χ2n) is 7.48. The fourth-order valence-corrected chi connectivity index (χ4v) is 4.20. The zero-order valence-corrected chi connectivity index (χ0v) is 18.4. The van der Waals surface area contributed by atoms with Crippen LogP contribution in [0.15, 0.2) is 35.1 Å². The number of nitrogens with zero attached hydrogens (tertiary/aromatic N) is 3. The van der Waals surface area contributed by atoms with E-state index in [2.05, 4.69) is 36.9 Å². The molecule has 10 nitrogen and oxygen atoms in total. The van der Waals surface area contributed by atoms with Gasteiger partial charge in [-0.3, -0.25) is 5.32 Å². The fraction of sp³-hybridized carbons (Fsp3) is 0.333. The summed E-state index contributed by atoms with van der Waals surface area (Å²) in [6.45, 7) is 4.35. The first-order chi connectivity index (χ1) is 15.5. The Hall–Kier alpha value is -3.60. The molecule has 0 atom stereocenters. The minimum absolute atomic E-state index is 0.104. The molecular weight excluding hydrogens is 432 g/mol. The van der Waals surface area contributed by atoms with Gasteiger partial charge in [0.2, 0.25) is 0 Å². The van der Waals surface area contributed by atoms with E-state index in [1.54, 1.807) is 6.20 Å². The number of hydrogen-bond donors (Lipinski definition) is 4. The SMILES string of the molecule is Cc1ccc(NC(=O)Nc2ncc(CNc3nc(C(=O)O)co3)s2)c(N2CCCCC2)c1. The molecule has 4 N–H and O–H groups in total. The Morgan fingerprint density at radius 3 is 2.78 bits per heavy atom. The molecule has 1 fully saturated rings. The van der Waals surface area contributed by atoms with Gasteiger partial charge in [-0.25, -0.2) is 14.6 Å². The average molecular weight is 457 g/mol. The monoisotopic (exact) mass is 456 g/mol. The molecule has 11 heteroatoms. The number of nitrogens with one attached hydrogen (secondary N) is 3. The van der Waals surface area contributed by atoms with Crippen molar-refractivity contribution in [2.75, 3.05) is 33.9 Å². The van der Waals surface area contributed by atoms with Gasteiger partial charge in [-0.1, -0.05) is 17.4 Å².